The molecule has 0 unspecified atom stereocenters. The van der Waals surface area contributed by atoms with Crippen LogP contribution in [-0.4, -0.2) is 23.3 Å². The largest absolute Gasteiger partial charge is 1.00 e. The van der Waals surface area contributed by atoms with Crippen molar-refractivity contribution in [2.75, 3.05) is 6.61 Å². The number of thiazole rings is 1. The van der Waals surface area contributed by atoms with Gasteiger partial charge in [0.2, 0.25) is 12.1 Å². The first-order chi connectivity index (χ1) is 7.83. The van der Waals surface area contributed by atoms with Gasteiger partial charge in [-0.1, -0.05) is 18.8 Å². The summed E-state index contributed by atoms with van der Waals surface area (Å²) in [5.74, 6) is -0.237. The summed E-state index contributed by atoms with van der Waals surface area (Å²) in [5, 5.41) is 8.89. The van der Waals surface area contributed by atoms with E-state index >= 15 is 0 Å². The zero-order valence-electron chi connectivity index (χ0n) is 11.2. The highest BCUT2D eigenvalue weighted by Crippen LogP contribution is 2.12. The van der Waals surface area contributed by atoms with Crippen LogP contribution < -0.4 is 21.5 Å². The number of rotatable bonds is 4. The van der Waals surface area contributed by atoms with Gasteiger partial charge in [-0.3, -0.25) is 0 Å². The summed E-state index contributed by atoms with van der Waals surface area (Å²) in [6, 6.07) is 0. The zero-order chi connectivity index (χ0) is 13.1. The molecule has 19 heavy (non-hydrogen) atoms. The number of aromatic nitrogens is 1. The fourth-order valence-electron chi connectivity index (χ4n) is 1.46. The van der Waals surface area contributed by atoms with E-state index in [1.165, 1.54) is 0 Å². The van der Waals surface area contributed by atoms with Gasteiger partial charge in [-0.05, 0) is 20.8 Å². The van der Waals surface area contributed by atoms with Crippen molar-refractivity contribution in [1.82, 2.24) is 0 Å². The molecule has 1 aromatic rings. The number of carbonyl (C=O) groups excluding carboxylic acids is 1. The van der Waals surface area contributed by atoms with Gasteiger partial charge in [0.1, 0.15) is 5.60 Å². The van der Waals surface area contributed by atoms with Crippen molar-refractivity contribution < 1.29 is 36.2 Å². The van der Waals surface area contributed by atoms with Gasteiger partial charge in [0.15, 0.2) is 5.69 Å². The molecule has 1 heterocycles. The normalized spacial score (nSPS) is 10.4. The maximum Gasteiger partial charge on any atom is 0.373 e. The third kappa shape index (κ3) is 7.03. The van der Waals surface area contributed by atoms with Crippen molar-refractivity contribution in [3.05, 3.63) is 16.1 Å². The Morgan fingerprint density at radius 1 is 1.47 bits per heavy atom. The van der Waals surface area contributed by atoms with E-state index in [4.69, 9.17) is 9.84 Å². The summed E-state index contributed by atoms with van der Waals surface area (Å²) in [6.07, 6.45) is 0.637. The van der Waals surface area contributed by atoms with E-state index in [9.17, 15) is 4.79 Å². The Morgan fingerprint density at radius 2 is 2.05 bits per heavy atom. The SMILES string of the molecule is C.Cc1c(CCO)sc[n+]1CC(=O)OC(C)(C)C.[Br-]. The lowest BCUT2D eigenvalue weighted by Gasteiger charge is -2.18. The summed E-state index contributed by atoms with van der Waals surface area (Å²) in [7, 11) is 0. The molecule has 1 rings (SSSR count). The van der Waals surface area contributed by atoms with Crippen molar-refractivity contribution in [3.63, 3.8) is 0 Å². The fourth-order valence-corrected chi connectivity index (χ4v) is 2.45. The molecule has 112 valence electrons. The average molecular weight is 354 g/mol. The topological polar surface area (TPSA) is 50.4 Å². The van der Waals surface area contributed by atoms with Crippen LogP contribution in [0.4, 0.5) is 0 Å². The molecule has 0 spiro atoms. The molecule has 1 aromatic heterocycles. The van der Waals surface area contributed by atoms with E-state index in [1.807, 2.05) is 37.8 Å². The number of esters is 1. The number of hydrogen-bond donors (Lipinski definition) is 1. The molecule has 6 heteroatoms. The molecule has 0 aliphatic rings. The van der Waals surface area contributed by atoms with Gasteiger partial charge in [-0.2, -0.15) is 4.57 Å². The lowest BCUT2D eigenvalue weighted by Crippen LogP contribution is -3.00. The smallest absolute Gasteiger partial charge is 0.373 e. The van der Waals surface area contributed by atoms with Gasteiger partial charge < -0.3 is 26.8 Å². The standard InChI is InChI=1S/C12H20NO3S.CH4.BrH/c1-9-10(5-6-14)17-8-13(9)7-11(15)16-12(2,3)4;;/h8,14H,5-7H2,1-4H3;1H4;1H/q+1;;/p-1. The van der Waals surface area contributed by atoms with E-state index in [1.54, 1.807) is 11.3 Å². The highest BCUT2D eigenvalue weighted by molar-refractivity contribution is 7.09. The van der Waals surface area contributed by atoms with Crippen LogP contribution in [-0.2, 0) is 22.5 Å². The minimum Gasteiger partial charge on any atom is -1.00 e. The molecule has 0 fully saturated rings. The Hall–Kier alpha value is -0.460. The Kier molecular flexibility index (Phi) is 9.50. The molecule has 0 aliphatic carbocycles. The monoisotopic (exact) mass is 353 g/mol. The van der Waals surface area contributed by atoms with Crippen LogP contribution in [0.5, 0.6) is 0 Å². The van der Waals surface area contributed by atoms with Crippen molar-refractivity contribution in [2.45, 2.75) is 53.7 Å². The molecular formula is C13H24BrNO3S. The van der Waals surface area contributed by atoms with Gasteiger partial charge in [-0.25, -0.2) is 4.79 Å². The van der Waals surface area contributed by atoms with E-state index in [2.05, 4.69) is 0 Å². The van der Waals surface area contributed by atoms with Crippen LogP contribution in [0, 0.1) is 6.92 Å². The number of hydrogen-bond acceptors (Lipinski definition) is 4. The Morgan fingerprint density at radius 3 is 2.53 bits per heavy atom. The summed E-state index contributed by atoms with van der Waals surface area (Å²) >= 11 is 1.56. The predicted molar refractivity (Wildman–Crippen MR) is 72.6 cm³/mol. The Bertz CT molecular complexity index is 399. The number of ether oxygens (including phenoxy) is 1. The minimum absolute atomic E-state index is 0. The van der Waals surface area contributed by atoms with Crippen LogP contribution in [0.2, 0.25) is 0 Å². The summed E-state index contributed by atoms with van der Waals surface area (Å²) in [5.41, 5.74) is 2.47. The Balaban J connectivity index is 0. The third-order valence-electron chi connectivity index (χ3n) is 2.21. The molecule has 0 radical (unpaired) electrons. The zero-order valence-corrected chi connectivity index (χ0v) is 13.6. The van der Waals surface area contributed by atoms with Crippen LogP contribution in [0.3, 0.4) is 0 Å². The summed E-state index contributed by atoms with van der Waals surface area (Å²) < 4.78 is 7.13. The first kappa shape index (κ1) is 20.8. The number of nitrogens with zero attached hydrogens (tertiary/aromatic N) is 1. The molecule has 0 aliphatic heterocycles. The molecule has 4 nitrogen and oxygen atoms in total. The second-order valence-electron chi connectivity index (χ2n) is 4.92. The van der Waals surface area contributed by atoms with E-state index in [0.717, 1.165) is 10.6 Å². The Labute approximate surface area is 130 Å². The number of aliphatic hydroxyl groups excluding tert-OH is 1. The number of carbonyl (C=O) groups is 1. The molecule has 0 atom stereocenters. The first-order valence-electron chi connectivity index (χ1n) is 5.62. The van der Waals surface area contributed by atoms with Crippen LogP contribution in [0.1, 0.15) is 38.8 Å². The van der Waals surface area contributed by atoms with Gasteiger partial charge in [0, 0.05) is 20.0 Å². The molecular weight excluding hydrogens is 330 g/mol. The maximum absolute atomic E-state index is 11.7. The minimum atomic E-state index is -0.449. The average Bonchev–Trinajstić information content (AvgIpc) is 2.47. The van der Waals surface area contributed by atoms with Crippen LogP contribution in [0.25, 0.3) is 0 Å². The molecule has 0 saturated heterocycles. The second kappa shape index (κ2) is 8.66. The number of halogens is 1. The van der Waals surface area contributed by atoms with Crippen molar-refractivity contribution in [2.24, 2.45) is 0 Å². The number of aliphatic hydroxyl groups is 1. The first-order valence-corrected chi connectivity index (χ1v) is 6.50. The molecule has 0 bridgehead atoms. The quantitative estimate of drug-likeness (QED) is 0.550. The van der Waals surface area contributed by atoms with Gasteiger partial charge in [0.05, 0.1) is 4.88 Å². The summed E-state index contributed by atoms with van der Waals surface area (Å²) in [4.78, 5) is 12.8. The molecule has 0 saturated carbocycles. The molecule has 0 aromatic carbocycles. The van der Waals surface area contributed by atoms with Crippen molar-refractivity contribution in [3.8, 4) is 0 Å². The van der Waals surface area contributed by atoms with Crippen molar-refractivity contribution >= 4 is 17.3 Å². The predicted octanol–water partition coefficient (Wildman–Crippen LogP) is -1.14. The second-order valence-corrected chi connectivity index (χ2v) is 5.86. The lowest BCUT2D eigenvalue weighted by molar-refractivity contribution is -0.687. The van der Waals surface area contributed by atoms with E-state index < -0.39 is 5.60 Å². The lowest BCUT2D eigenvalue weighted by atomic mass is 10.2. The van der Waals surface area contributed by atoms with Crippen molar-refractivity contribution in [1.29, 1.82) is 0 Å². The highest BCUT2D eigenvalue weighted by Gasteiger charge is 2.22. The van der Waals surface area contributed by atoms with E-state index in [0.29, 0.717) is 6.42 Å². The fraction of sp³-hybridized carbons (Fsp3) is 0.692. The third-order valence-corrected chi connectivity index (χ3v) is 3.36. The molecule has 1 N–H and O–H groups in total. The van der Waals surface area contributed by atoms with Crippen LogP contribution in [0.15, 0.2) is 5.51 Å². The maximum atomic E-state index is 11.7. The molecule has 0 amide bonds. The van der Waals surface area contributed by atoms with E-state index in [-0.39, 0.29) is 43.5 Å². The highest BCUT2D eigenvalue weighted by atomic mass is 79.9. The van der Waals surface area contributed by atoms with Crippen LogP contribution >= 0.6 is 11.3 Å². The van der Waals surface area contributed by atoms with Gasteiger partial charge >= 0.3 is 5.97 Å². The van der Waals surface area contributed by atoms with Gasteiger partial charge in [0.25, 0.3) is 0 Å². The summed E-state index contributed by atoms with van der Waals surface area (Å²) in [6.45, 7) is 7.87. The van der Waals surface area contributed by atoms with Gasteiger partial charge in [-0.15, -0.1) is 0 Å².